The molecule has 1 fully saturated rings. The summed E-state index contributed by atoms with van der Waals surface area (Å²) in [5, 5.41) is 7.51. The van der Waals surface area contributed by atoms with Gasteiger partial charge in [0.05, 0.1) is 12.2 Å². The van der Waals surface area contributed by atoms with Crippen LogP contribution in [0.3, 0.4) is 0 Å². The van der Waals surface area contributed by atoms with Gasteiger partial charge < -0.3 is 11.1 Å². The van der Waals surface area contributed by atoms with Crippen molar-refractivity contribution in [1.29, 1.82) is 0 Å². The van der Waals surface area contributed by atoms with Crippen LogP contribution in [0.2, 0.25) is 0 Å². The standard InChI is InChI=1S/C14H22N4O.ClH/c1-18-13-4-2-3-12(11(13)8-16-18)17-14(19)9-5-6-10(15)7-9;/h8-10,12H,2-7,15H2,1H3,(H,17,19);1H. The summed E-state index contributed by atoms with van der Waals surface area (Å²) in [5.41, 5.74) is 8.34. The molecule has 0 aromatic carbocycles. The highest BCUT2D eigenvalue weighted by Crippen LogP contribution is 2.31. The summed E-state index contributed by atoms with van der Waals surface area (Å²) < 4.78 is 1.93. The van der Waals surface area contributed by atoms with Crippen molar-refractivity contribution in [3.8, 4) is 0 Å². The third-order valence-corrected chi connectivity index (χ3v) is 4.54. The number of nitrogens with one attached hydrogen (secondary N) is 1. The minimum Gasteiger partial charge on any atom is -0.349 e. The molecule has 2 aliphatic carbocycles. The van der Waals surface area contributed by atoms with Gasteiger partial charge in [-0.2, -0.15) is 5.10 Å². The number of nitrogens with zero attached hydrogens (tertiary/aromatic N) is 2. The minimum absolute atomic E-state index is 0. The zero-order valence-electron chi connectivity index (χ0n) is 11.8. The molecule has 112 valence electrons. The van der Waals surface area contributed by atoms with E-state index in [2.05, 4.69) is 10.4 Å². The average molecular weight is 299 g/mol. The maximum atomic E-state index is 12.3. The van der Waals surface area contributed by atoms with E-state index in [0.717, 1.165) is 38.5 Å². The lowest BCUT2D eigenvalue weighted by atomic mass is 9.92. The van der Waals surface area contributed by atoms with Crippen LogP contribution in [0.1, 0.15) is 49.4 Å². The van der Waals surface area contributed by atoms with Gasteiger partial charge in [-0.25, -0.2) is 0 Å². The second kappa shape index (κ2) is 6.14. The van der Waals surface area contributed by atoms with Crippen molar-refractivity contribution in [2.24, 2.45) is 18.7 Å². The summed E-state index contributed by atoms with van der Waals surface area (Å²) in [4.78, 5) is 12.3. The van der Waals surface area contributed by atoms with Crippen LogP contribution in [0.15, 0.2) is 6.20 Å². The van der Waals surface area contributed by atoms with E-state index in [1.807, 2.05) is 17.9 Å². The van der Waals surface area contributed by atoms with Gasteiger partial charge in [-0.05, 0) is 38.5 Å². The lowest BCUT2D eigenvalue weighted by molar-refractivity contribution is -0.125. The summed E-state index contributed by atoms with van der Waals surface area (Å²) >= 11 is 0. The number of amides is 1. The molecule has 6 heteroatoms. The first-order valence-electron chi connectivity index (χ1n) is 7.22. The van der Waals surface area contributed by atoms with Crippen molar-refractivity contribution in [3.05, 3.63) is 17.5 Å². The number of nitrogens with two attached hydrogens (primary N) is 1. The molecule has 5 nitrogen and oxygen atoms in total. The molecule has 0 spiro atoms. The Morgan fingerprint density at radius 1 is 1.45 bits per heavy atom. The molecular weight excluding hydrogens is 276 g/mol. The Balaban J connectivity index is 0.00000147. The topological polar surface area (TPSA) is 72.9 Å². The van der Waals surface area contributed by atoms with Crippen LogP contribution in [0, 0.1) is 5.92 Å². The van der Waals surface area contributed by atoms with Gasteiger partial charge >= 0.3 is 0 Å². The Labute approximate surface area is 125 Å². The minimum atomic E-state index is 0. The largest absolute Gasteiger partial charge is 0.349 e. The van der Waals surface area contributed by atoms with Gasteiger partial charge in [0, 0.05) is 30.3 Å². The third kappa shape index (κ3) is 2.83. The second-order valence-electron chi connectivity index (χ2n) is 5.89. The maximum absolute atomic E-state index is 12.3. The smallest absolute Gasteiger partial charge is 0.223 e. The van der Waals surface area contributed by atoms with E-state index in [1.165, 1.54) is 11.3 Å². The van der Waals surface area contributed by atoms with E-state index < -0.39 is 0 Å². The number of carbonyl (C=O) groups is 1. The fourth-order valence-corrected chi connectivity index (χ4v) is 3.40. The highest BCUT2D eigenvalue weighted by Gasteiger charge is 2.31. The molecule has 0 aliphatic heterocycles. The second-order valence-corrected chi connectivity index (χ2v) is 5.89. The number of carbonyl (C=O) groups excluding carboxylic acids is 1. The SMILES string of the molecule is Cl.Cn1ncc2c1CCCC2NC(=O)C1CCC(N)C1. The number of rotatable bonds is 2. The molecule has 1 amide bonds. The van der Waals surface area contributed by atoms with Crippen LogP contribution in [-0.2, 0) is 18.3 Å². The number of halogens is 1. The fraction of sp³-hybridized carbons (Fsp3) is 0.714. The van der Waals surface area contributed by atoms with E-state index in [0.29, 0.717) is 0 Å². The van der Waals surface area contributed by atoms with Crippen LogP contribution in [0.25, 0.3) is 0 Å². The van der Waals surface area contributed by atoms with Crippen molar-refractivity contribution < 1.29 is 4.79 Å². The van der Waals surface area contributed by atoms with E-state index in [9.17, 15) is 4.79 Å². The van der Waals surface area contributed by atoms with Crippen LogP contribution < -0.4 is 11.1 Å². The normalized spacial score (nSPS) is 28.6. The van der Waals surface area contributed by atoms with Crippen molar-refractivity contribution in [1.82, 2.24) is 15.1 Å². The molecule has 1 aromatic heterocycles. The lowest BCUT2D eigenvalue weighted by Crippen LogP contribution is -2.35. The summed E-state index contributed by atoms with van der Waals surface area (Å²) in [6, 6.07) is 0.345. The Hall–Kier alpha value is -1.07. The zero-order chi connectivity index (χ0) is 13.4. The molecular formula is C14H23ClN4O. The molecule has 3 atom stereocenters. The Morgan fingerprint density at radius 3 is 2.95 bits per heavy atom. The fourth-order valence-electron chi connectivity index (χ4n) is 3.40. The molecule has 3 rings (SSSR count). The van der Waals surface area contributed by atoms with Gasteiger partial charge in [0.15, 0.2) is 0 Å². The van der Waals surface area contributed by atoms with Crippen LogP contribution >= 0.6 is 12.4 Å². The molecule has 2 aliphatic rings. The molecule has 3 unspecified atom stereocenters. The van der Waals surface area contributed by atoms with Gasteiger partial charge in [0.2, 0.25) is 5.91 Å². The first-order chi connectivity index (χ1) is 9.15. The molecule has 20 heavy (non-hydrogen) atoms. The first kappa shape index (κ1) is 15.3. The Morgan fingerprint density at radius 2 is 2.25 bits per heavy atom. The molecule has 0 bridgehead atoms. The number of aromatic nitrogens is 2. The van der Waals surface area contributed by atoms with Crippen LogP contribution in [-0.4, -0.2) is 21.7 Å². The van der Waals surface area contributed by atoms with E-state index >= 15 is 0 Å². The summed E-state index contributed by atoms with van der Waals surface area (Å²) in [5.74, 6) is 0.284. The molecule has 1 saturated carbocycles. The molecule has 1 aromatic rings. The van der Waals surface area contributed by atoms with Gasteiger partial charge in [-0.15, -0.1) is 12.4 Å². The monoisotopic (exact) mass is 298 g/mol. The highest BCUT2D eigenvalue weighted by molar-refractivity contribution is 5.85. The average Bonchev–Trinajstić information content (AvgIpc) is 2.98. The predicted molar refractivity (Wildman–Crippen MR) is 79.6 cm³/mol. The number of hydrogen-bond acceptors (Lipinski definition) is 3. The van der Waals surface area contributed by atoms with Gasteiger partial charge in [-0.1, -0.05) is 0 Å². The first-order valence-corrected chi connectivity index (χ1v) is 7.22. The van der Waals surface area contributed by atoms with Gasteiger partial charge in [0.1, 0.15) is 0 Å². The van der Waals surface area contributed by atoms with Crippen molar-refractivity contribution in [2.45, 2.75) is 50.6 Å². The van der Waals surface area contributed by atoms with Crippen molar-refractivity contribution >= 4 is 18.3 Å². The van der Waals surface area contributed by atoms with Crippen molar-refractivity contribution in [2.75, 3.05) is 0 Å². The summed E-state index contributed by atoms with van der Waals surface area (Å²) in [6.45, 7) is 0. The van der Waals surface area contributed by atoms with E-state index in [4.69, 9.17) is 5.73 Å². The van der Waals surface area contributed by atoms with E-state index in [-0.39, 0.29) is 36.3 Å². The zero-order valence-corrected chi connectivity index (χ0v) is 12.7. The van der Waals surface area contributed by atoms with Crippen LogP contribution in [0.4, 0.5) is 0 Å². The maximum Gasteiger partial charge on any atom is 0.223 e. The molecule has 3 N–H and O–H groups in total. The van der Waals surface area contributed by atoms with E-state index in [1.54, 1.807) is 0 Å². The quantitative estimate of drug-likeness (QED) is 0.868. The number of aryl methyl sites for hydroxylation is 1. The highest BCUT2D eigenvalue weighted by atomic mass is 35.5. The predicted octanol–water partition coefficient (Wildman–Crippen LogP) is 1.46. The van der Waals surface area contributed by atoms with Gasteiger partial charge in [-0.3, -0.25) is 9.48 Å². The number of hydrogen-bond donors (Lipinski definition) is 2. The molecule has 0 radical (unpaired) electrons. The summed E-state index contributed by atoms with van der Waals surface area (Å²) in [7, 11) is 1.97. The molecule has 1 heterocycles. The van der Waals surface area contributed by atoms with Crippen molar-refractivity contribution in [3.63, 3.8) is 0 Å². The third-order valence-electron chi connectivity index (χ3n) is 4.54. The summed E-state index contributed by atoms with van der Waals surface area (Å²) in [6.07, 6.45) is 7.83. The number of fused-ring (bicyclic) bond motifs is 1. The Kier molecular flexibility index (Phi) is 4.70. The van der Waals surface area contributed by atoms with Gasteiger partial charge in [0.25, 0.3) is 0 Å². The lowest BCUT2D eigenvalue weighted by Gasteiger charge is -2.25. The van der Waals surface area contributed by atoms with Crippen LogP contribution in [0.5, 0.6) is 0 Å². The molecule has 0 saturated heterocycles. The Bertz CT molecular complexity index is 488.